The first-order chi connectivity index (χ1) is 30.0. The van der Waals surface area contributed by atoms with Gasteiger partial charge >= 0.3 is 6.42 Å². The van der Waals surface area contributed by atoms with E-state index in [0.29, 0.717) is 35.7 Å². The van der Waals surface area contributed by atoms with Gasteiger partial charge in [0.15, 0.2) is 5.70 Å². The number of fused-ring (bicyclic) bond motifs is 2. The van der Waals surface area contributed by atoms with Gasteiger partial charge in [0.2, 0.25) is 19.1 Å². The number of nitrogen functional groups attached to an aromatic ring is 1. The molecule has 3 aliphatic rings. The second kappa shape index (κ2) is 18.6. The molecule has 0 bridgehead atoms. The van der Waals surface area contributed by atoms with Crippen LogP contribution in [0.3, 0.4) is 0 Å². The van der Waals surface area contributed by atoms with Crippen molar-refractivity contribution in [3.05, 3.63) is 138 Å². The lowest BCUT2D eigenvalue weighted by Crippen LogP contribution is -2.52. The minimum Gasteiger partial charge on any atom is -0.459 e. The van der Waals surface area contributed by atoms with Gasteiger partial charge in [-0.05, 0) is 79.7 Å². The summed E-state index contributed by atoms with van der Waals surface area (Å²) in [5.74, 6) is 2.23. The standard InChI is InChI=1S/C48H53B2N8O4/c1-34-30-35(2)57-43(34)32-39-18-17-38(58(39)50(57,3)4)19-22-44(59)49-23-25-56-28-26-55(27-29-56)24-9-14-45(60)54-37-10-8-13-42(31-37)62-48-46(47(51)52-33-53-48)36-15-20-41(21-16-36)61-40-11-6-5-7-12-40/h5-18,20-21,30-33H,19,22-29H2,1-4H3,(H,54,60)(H2,51,52,53)/b14-9+. The largest absolute Gasteiger partial charge is 0.459 e. The summed E-state index contributed by atoms with van der Waals surface area (Å²) in [5, 5.41) is 2.93. The first kappa shape index (κ1) is 42.2. The summed E-state index contributed by atoms with van der Waals surface area (Å²) in [4.78, 5) is 39.2. The molecule has 3 N–H and O–H groups in total. The Bertz CT molecular complexity index is 2580. The predicted octanol–water partition coefficient (Wildman–Crippen LogP) is 7.90. The molecule has 0 unspecified atom stereocenters. The summed E-state index contributed by atoms with van der Waals surface area (Å²) < 4.78 is 17.0. The molecule has 14 heteroatoms. The quantitative estimate of drug-likeness (QED) is 0.0754. The van der Waals surface area contributed by atoms with Gasteiger partial charge in [-0.2, -0.15) is 0 Å². The van der Waals surface area contributed by atoms with Crippen molar-refractivity contribution in [2.45, 2.75) is 46.7 Å². The predicted molar refractivity (Wildman–Crippen MR) is 250 cm³/mol. The number of para-hydroxylation sites is 1. The summed E-state index contributed by atoms with van der Waals surface area (Å²) in [6, 6.07) is 26.4. The van der Waals surface area contributed by atoms with Crippen molar-refractivity contribution in [2.24, 2.45) is 0 Å². The molecule has 62 heavy (non-hydrogen) atoms. The summed E-state index contributed by atoms with van der Waals surface area (Å²) in [7, 11) is 1.88. The van der Waals surface area contributed by atoms with Crippen LogP contribution in [0.1, 0.15) is 29.8 Å². The fourth-order valence-electron chi connectivity index (χ4n) is 8.96. The number of piperazine rings is 1. The molecular formula is C48H53B2N8O4. The van der Waals surface area contributed by atoms with Crippen molar-refractivity contribution in [3.63, 3.8) is 0 Å². The fourth-order valence-corrected chi connectivity index (χ4v) is 8.96. The van der Waals surface area contributed by atoms with Crippen molar-refractivity contribution in [1.82, 2.24) is 24.2 Å². The van der Waals surface area contributed by atoms with E-state index in [4.69, 9.17) is 15.2 Å². The number of allylic oxidation sites excluding steroid dienone is 2. The zero-order valence-corrected chi connectivity index (χ0v) is 36.0. The molecule has 1 saturated heterocycles. The van der Waals surface area contributed by atoms with Crippen LogP contribution < -0.4 is 20.5 Å². The number of rotatable bonds is 16. The lowest BCUT2D eigenvalue weighted by atomic mass is 9.48. The van der Waals surface area contributed by atoms with Gasteiger partial charge in [0.25, 0.3) is 0 Å². The number of hydrogen-bond donors (Lipinski definition) is 2. The van der Waals surface area contributed by atoms with Crippen LogP contribution in [0.4, 0.5) is 11.5 Å². The number of nitrogens with two attached hydrogens (primary N) is 1. The van der Waals surface area contributed by atoms with Gasteiger partial charge in [-0.1, -0.05) is 48.8 Å². The molecule has 0 atom stereocenters. The number of benzene rings is 3. The number of aryl methyl sites for hydroxylation is 2. The highest BCUT2D eigenvalue weighted by Gasteiger charge is 2.41. The Morgan fingerprint density at radius 3 is 2.42 bits per heavy atom. The van der Waals surface area contributed by atoms with E-state index in [1.165, 1.54) is 34.7 Å². The van der Waals surface area contributed by atoms with E-state index in [1.807, 2.05) is 68.0 Å². The topological polar surface area (TPSA) is 131 Å². The Kier molecular flexibility index (Phi) is 12.7. The normalized spacial score (nSPS) is 15.9. The van der Waals surface area contributed by atoms with Crippen LogP contribution in [-0.4, -0.2) is 99.0 Å². The van der Waals surface area contributed by atoms with Crippen molar-refractivity contribution in [2.75, 3.05) is 50.3 Å². The van der Waals surface area contributed by atoms with E-state index >= 15 is 0 Å². The average molecular weight is 828 g/mol. The van der Waals surface area contributed by atoms with Crippen LogP contribution in [0.25, 0.3) is 17.2 Å². The van der Waals surface area contributed by atoms with Gasteiger partial charge in [-0.15, -0.1) is 13.6 Å². The number of nitrogens with one attached hydrogen (secondary N) is 1. The van der Waals surface area contributed by atoms with Crippen LogP contribution in [-0.2, 0) is 9.59 Å². The summed E-state index contributed by atoms with van der Waals surface area (Å²) >= 11 is 0. The van der Waals surface area contributed by atoms with E-state index < -0.39 is 6.42 Å². The molecule has 0 aliphatic carbocycles. The fraction of sp³-hybridized carbons (Fsp3) is 0.271. The number of carbonyl (C=O) groups excluding carboxylic acids is 2. The van der Waals surface area contributed by atoms with Crippen LogP contribution in [0, 0.1) is 13.8 Å². The number of nitrogens with zero attached hydrogens (tertiary/aromatic N) is 6. The molecular weight excluding hydrogens is 774 g/mol. The molecule has 2 aromatic heterocycles. The van der Waals surface area contributed by atoms with Gasteiger partial charge < -0.3 is 39.2 Å². The second-order valence-corrected chi connectivity index (χ2v) is 16.7. The molecule has 0 saturated carbocycles. The highest BCUT2D eigenvalue weighted by atomic mass is 16.5. The lowest BCUT2D eigenvalue weighted by Gasteiger charge is -2.37. The molecule has 12 nitrogen and oxygen atoms in total. The Labute approximate surface area is 364 Å². The molecule has 5 heterocycles. The summed E-state index contributed by atoms with van der Waals surface area (Å²) in [6.45, 7) is 14.2. The van der Waals surface area contributed by atoms with Gasteiger partial charge in [-0.3, -0.25) is 9.69 Å². The van der Waals surface area contributed by atoms with Crippen molar-refractivity contribution in [1.29, 1.82) is 0 Å². The molecule has 0 spiro atoms. The smallest absolute Gasteiger partial charge is 0.372 e. The van der Waals surface area contributed by atoms with Crippen LogP contribution in [0.5, 0.6) is 23.1 Å². The number of carbonyl (C=O) groups is 2. The first-order valence-electron chi connectivity index (χ1n) is 21.5. The minimum atomic E-state index is -1.03. The summed E-state index contributed by atoms with van der Waals surface area (Å²) in [6.07, 6.45) is 12.4. The number of ether oxygens (including phenoxy) is 2. The van der Waals surface area contributed by atoms with Gasteiger partial charge in [0.1, 0.15) is 35.1 Å². The van der Waals surface area contributed by atoms with Crippen molar-refractivity contribution >= 4 is 48.6 Å². The van der Waals surface area contributed by atoms with Crippen LogP contribution in [0.2, 0.25) is 20.0 Å². The number of amides is 1. The third-order valence-corrected chi connectivity index (χ3v) is 11.9. The zero-order chi connectivity index (χ0) is 43.2. The zero-order valence-electron chi connectivity index (χ0n) is 36.0. The van der Waals surface area contributed by atoms with Gasteiger partial charge in [0.05, 0.1) is 11.2 Å². The third kappa shape index (κ3) is 9.67. The highest BCUT2D eigenvalue weighted by molar-refractivity contribution is 6.74. The van der Waals surface area contributed by atoms with Crippen molar-refractivity contribution in [3.8, 4) is 34.3 Å². The van der Waals surface area contributed by atoms with E-state index in [9.17, 15) is 9.59 Å². The maximum absolute atomic E-state index is 13.0. The molecule has 1 fully saturated rings. The Morgan fingerprint density at radius 2 is 1.63 bits per heavy atom. The average Bonchev–Trinajstić information content (AvgIpc) is 3.81. The molecule has 1 radical (unpaired) electrons. The monoisotopic (exact) mass is 827 g/mol. The van der Waals surface area contributed by atoms with E-state index in [-0.39, 0.29) is 23.3 Å². The Morgan fingerprint density at radius 1 is 0.887 bits per heavy atom. The van der Waals surface area contributed by atoms with Crippen LogP contribution >= 0.6 is 0 Å². The van der Waals surface area contributed by atoms with Gasteiger partial charge in [0, 0.05) is 87.3 Å². The maximum atomic E-state index is 13.0. The molecule has 1 amide bonds. The maximum Gasteiger partial charge on any atom is 0.372 e. The van der Waals surface area contributed by atoms with Gasteiger partial charge in [-0.25, -0.2) is 9.97 Å². The second-order valence-electron chi connectivity index (χ2n) is 16.7. The third-order valence-electron chi connectivity index (χ3n) is 11.9. The number of aromatic nitrogens is 3. The lowest BCUT2D eigenvalue weighted by molar-refractivity contribution is -0.334. The minimum absolute atomic E-state index is 0.207. The Hall–Kier alpha value is -6.50. The van der Waals surface area contributed by atoms with E-state index in [1.54, 1.807) is 30.3 Å². The Balaban J connectivity index is 0.753. The van der Waals surface area contributed by atoms with E-state index in [0.717, 1.165) is 56.8 Å². The SMILES string of the molecule is Cc1cc(C)n2c1C=C1C=CC(CCC(=O)[B]CCN3CCN(C/C=C/C(=O)Nc4cccc(Oc5ncnc(N)c5-c5ccc(Oc6ccccc6)cc5)c4)CC3)=[N+]1[B-]2(C)C. The molecule has 3 aliphatic heterocycles. The van der Waals surface area contributed by atoms with Crippen LogP contribution in [0.15, 0.2) is 121 Å². The highest BCUT2D eigenvalue weighted by Crippen LogP contribution is 2.37. The first-order valence-corrected chi connectivity index (χ1v) is 21.5. The number of hydrogen-bond acceptors (Lipinski definition) is 9. The number of anilines is 2. The van der Waals surface area contributed by atoms with Crippen molar-refractivity contribution < 1.29 is 23.5 Å². The molecule has 5 aromatic rings. The molecule has 3 aromatic carbocycles. The molecule has 8 rings (SSSR count). The molecule has 315 valence electrons. The summed E-state index contributed by atoms with van der Waals surface area (Å²) in [5.41, 5.74) is 14.7. The van der Waals surface area contributed by atoms with E-state index in [2.05, 4.69) is 85.8 Å².